The van der Waals surface area contributed by atoms with E-state index in [9.17, 15) is 9.59 Å². The number of carbonyl (C=O) groups is 2. The summed E-state index contributed by atoms with van der Waals surface area (Å²) in [7, 11) is 0. The first-order chi connectivity index (χ1) is 10.1. The summed E-state index contributed by atoms with van der Waals surface area (Å²) >= 11 is 0. The molecular formula is C17H23NO3. The molecule has 2 rings (SSSR count). The minimum absolute atomic E-state index is 0.0102. The van der Waals surface area contributed by atoms with Crippen LogP contribution in [0.25, 0.3) is 0 Å². The summed E-state index contributed by atoms with van der Waals surface area (Å²) in [5.74, 6) is -0.271. The van der Waals surface area contributed by atoms with Crippen LogP contribution in [0.3, 0.4) is 0 Å². The maximum atomic E-state index is 12.1. The zero-order valence-electron chi connectivity index (χ0n) is 12.3. The first-order valence-corrected chi connectivity index (χ1v) is 7.74. The highest BCUT2D eigenvalue weighted by atomic mass is 16.4. The molecule has 0 unspecified atom stereocenters. The minimum atomic E-state index is -0.847. The van der Waals surface area contributed by atoms with Gasteiger partial charge in [0.2, 0.25) is 5.91 Å². The molecule has 1 aromatic carbocycles. The van der Waals surface area contributed by atoms with Gasteiger partial charge in [0.25, 0.3) is 0 Å². The van der Waals surface area contributed by atoms with Gasteiger partial charge in [0.15, 0.2) is 0 Å². The summed E-state index contributed by atoms with van der Waals surface area (Å²) in [6.07, 6.45) is 7.99. The molecule has 1 fully saturated rings. The van der Waals surface area contributed by atoms with Crippen LogP contribution in [0.5, 0.6) is 0 Å². The van der Waals surface area contributed by atoms with E-state index in [4.69, 9.17) is 5.11 Å². The molecular weight excluding hydrogens is 266 g/mol. The molecule has 0 heterocycles. The van der Waals surface area contributed by atoms with Crippen molar-refractivity contribution in [3.8, 4) is 0 Å². The lowest BCUT2D eigenvalue weighted by molar-refractivity contribution is -0.136. The van der Waals surface area contributed by atoms with Gasteiger partial charge in [-0.25, -0.2) is 0 Å². The van der Waals surface area contributed by atoms with Crippen LogP contribution in [0, 0.1) is 5.92 Å². The Bertz CT molecular complexity index is 473. The van der Waals surface area contributed by atoms with Crippen LogP contribution in [-0.2, 0) is 16.0 Å². The fraction of sp³-hybridized carbons (Fsp3) is 0.529. The minimum Gasteiger partial charge on any atom is -0.481 e. The first kappa shape index (κ1) is 15.5. The number of hydrogen-bond acceptors (Lipinski definition) is 2. The summed E-state index contributed by atoms with van der Waals surface area (Å²) in [5.41, 5.74) is 1.48. The third kappa shape index (κ3) is 5.58. The molecule has 0 bridgehead atoms. The summed E-state index contributed by atoms with van der Waals surface area (Å²) in [6.45, 7) is 0. The zero-order valence-corrected chi connectivity index (χ0v) is 12.3. The molecule has 1 aliphatic carbocycles. The normalized spacial score (nSPS) is 16.2. The van der Waals surface area contributed by atoms with Crippen molar-refractivity contribution in [2.24, 2.45) is 5.92 Å². The average Bonchev–Trinajstić information content (AvgIpc) is 2.69. The van der Waals surface area contributed by atoms with Crippen molar-refractivity contribution >= 4 is 17.6 Å². The Morgan fingerprint density at radius 2 is 1.67 bits per heavy atom. The van der Waals surface area contributed by atoms with Crippen molar-refractivity contribution in [2.45, 2.75) is 51.4 Å². The van der Waals surface area contributed by atoms with Crippen LogP contribution in [0.15, 0.2) is 24.3 Å². The van der Waals surface area contributed by atoms with E-state index in [0.29, 0.717) is 12.3 Å². The molecule has 0 aliphatic heterocycles. The van der Waals surface area contributed by atoms with E-state index in [-0.39, 0.29) is 12.3 Å². The van der Waals surface area contributed by atoms with Gasteiger partial charge in [-0.1, -0.05) is 37.8 Å². The predicted molar refractivity (Wildman–Crippen MR) is 82.2 cm³/mol. The van der Waals surface area contributed by atoms with E-state index in [2.05, 4.69) is 5.32 Å². The quantitative estimate of drug-likeness (QED) is 0.814. The van der Waals surface area contributed by atoms with Gasteiger partial charge < -0.3 is 10.4 Å². The molecule has 2 N–H and O–H groups in total. The van der Waals surface area contributed by atoms with Gasteiger partial charge in [0.05, 0.1) is 6.42 Å². The standard InChI is InChI=1S/C17H23NO3/c19-16(11-13-5-3-1-2-4-6-13)18-15-9-7-14(8-10-15)12-17(20)21/h7-10,13H,1-6,11-12H2,(H,18,19)(H,20,21). The third-order valence-electron chi connectivity index (χ3n) is 4.04. The lowest BCUT2D eigenvalue weighted by Gasteiger charge is -2.13. The van der Waals surface area contributed by atoms with Crippen molar-refractivity contribution in [1.82, 2.24) is 0 Å². The Morgan fingerprint density at radius 1 is 1.05 bits per heavy atom. The van der Waals surface area contributed by atoms with Gasteiger partial charge in [-0.05, 0) is 36.5 Å². The molecule has 0 radical (unpaired) electrons. The maximum Gasteiger partial charge on any atom is 0.307 e. The Hall–Kier alpha value is -1.84. The number of amides is 1. The third-order valence-corrected chi connectivity index (χ3v) is 4.04. The number of hydrogen-bond donors (Lipinski definition) is 2. The van der Waals surface area contributed by atoms with Gasteiger partial charge in [0.1, 0.15) is 0 Å². The molecule has 4 heteroatoms. The molecule has 1 aromatic rings. The molecule has 1 saturated carbocycles. The van der Waals surface area contributed by atoms with Crippen LogP contribution in [0.2, 0.25) is 0 Å². The topological polar surface area (TPSA) is 66.4 Å². The lowest BCUT2D eigenvalue weighted by atomic mass is 9.96. The van der Waals surface area contributed by atoms with Crippen LogP contribution in [0.1, 0.15) is 50.5 Å². The fourth-order valence-electron chi connectivity index (χ4n) is 2.92. The number of carbonyl (C=O) groups excluding carboxylic acids is 1. The second-order valence-corrected chi connectivity index (χ2v) is 5.88. The van der Waals surface area contributed by atoms with Gasteiger partial charge in [-0.15, -0.1) is 0 Å². The SMILES string of the molecule is O=C(O)Cc1ccc(NC(=O)CC2CCCCCC2)cc1. The van der Waals surface area contributed by atoms with Crippen molar-refractivity contribution < 1.29 is 14.7 Å². The van der Waals surface area contributed by atoms with E-state index in [1.54, 1.807) is 24.3 Å². The Morgan fingerprint density at radius 3 is 2.24 bits per heavy atom. The highest BCUT2D eigenvalue weighted by Gasteiger charge is 2.16. The molecule has 0 atom stereocenters. The highest BCUT2D eigenvalue weighted by Crippen LogP contribution is 2.25. The molecule has 0 aromatic heterocycles. The molecule has 114 valence electrons. The van der Waals surface area contributed by atoms with Crippen LogP contribution >= 0.6 is 0 Å². The number of aliphatic carboxylic acids is 1. The van der Waals surface area contributed by atoms with E-state index >= 15 is 0 Å². The number of carboxylic acids is 1. The summed E-state index contributed by atoms with van der Waals surface area (Å²) in [5, 5.41) is 11.6. The maximum absolute atomic E-state index is 12.1. The van der Waals surface area contributed by atoms with Gasteiger partial charge in [0, 0.05) is 12.1 Å². The fourth-order valence-corrected chi connectivity index (χ4v) is 2.92. The molecule has 1 amide bonds. The number of nitrogens with one attached hydrogen (secondary N) is 1. The molecule has 0 saturated heterocycles. The van der Waals surface area contributed by atoms with Crippen LogP contribution in [0.4, 0.5) is 5.69 Å². The van der Waals surface area contributed by atoms with Crippen LogP contribution < -0.4 is 5.32 Å². The van der Waals surface area contributed by atoms with Gasteiger partial charge in [-0.2, -0.15) is 0 Å². The Balaban J connectivity index is 1.82. The van der Waals surface area contributed by atoms with Crippen molar-refractivity contribution in [3.63, 3.8) is 0 Å². The second kappa shape index (κ2) is 7.81. The monoisotopic (exact) mass is 289 g/mol. The zero-order chi connectivity index (χ0) is 15.1. The number of anilines is 1. The second-order valence-electron chi connectivity index (χ2n) is 5.88. The van der Waals surface area contributed by atoms with Crippen molar-refractivity contribution in [1.29, 1.82) is 0 Å². The van der Waals surface area contributed by atoms with E-state index < -0.39 is 5.97 Å². The largest absolute Gasteiger partial charge is 0.481 e. The number of benzene rings is 1. The Kier molecular flexibility index (Phi) is 5.78. The molecule has 1 aliphatic rings. The Labute approximate surface area is 125 Å². The van der Waals surface area contributed by atoms with Crippen molar-refractivity contribution in [2.75, 3.05) is 5.32 Å². The van der Waals surface area contributed by atoms with Gasteiger partial charge >= 0.3 is 5.97 Å². The summed E-state index contributed by atoms with van der Waals surface area (Å²) in [4.78, 5) is 22.7. The smallest absolute Gasteiger partial charge is 0.307 e. The van der Waals surface area contributed by atoms with E-state index in [1.807, 2.05) is 0 Å². The van der Waals surface area contributed by atoms with Crippen molar-refractivity contribution in [3.05, 3.63) is 29.8 Å². The van der Waals surface area contributed by atoms with E-state index in [1.165, 1.54) is 25.7 Å². The molecule has 21 heavy (non-hydrogen) atoms. The summed E-state index contributed by atoms with van der Waals surface area (Å²) < 4.78 is 0. The number of carboxylic acid groups (broad SMARTS) is 1. The van der Waals surface area contributed by atoms with Crippen LogP contribution in [-0.4, -0.2) is 17.0 Å². The lowest BCUT2D eigenvalue weighted by Crippen LogP contribution is -2.16. The highest BCUT2D eigenvalue weighted by molar-refractivity contribution is 5.90. The average molecular weight is 289 g/mol. The first-order valence-electron chi connectivity index (χ1n) is 7.74. The summed E-state index contributed by atoms with van der Waals surface area (Å²) in [6, 6.07) is 7.03. The van der Waals surface area contributed by atoms with Gasteiger partial charge in [-0.3, -0.25) is 9.59 Å². The van der Waals surface area contributed by atoms with E-state index in [0.717, 1.165) is 24.1 Å². The number of rotatable bonds is 5. The molecule has 0 spiro atoms. The molecule has 4 nitrogen and oxygen atoms in total. The predicted octanol–water partition coefficient (Wildman–Crippen LogP) is 3.61.